The van der Waals surface area contributed by atoms with Crippen molar-refractivity contribution in [1.29, 1.82) is 0 Å². The normalized spacial score (nSPS) is 35.5. The van der Waals surface area contributed by atoms with Crippen LogP contribution in [0.2, 0.25) is 0 Å². The highest BCUT2D eigenvalue weighted by Gasteiger charge is 2.53. The van der Waals surface area contributed by atoms with Crippen LogP contribution in [-0.2, 0) is 0 Å². The lowest BCUT2D eigenvalue weighted by atomic mass is 9.92. The zero-order valence-corrected chi connectivity index (χ0v) is 10.9. The quantitative estimate of drug-likeness (QED) is 0.762. The first-order chi connectivity index (χ1) is 8.37. The summed E-state index contributed by atoms with van der Waals surface area (Å²) in [7, 11) is 0. The Labute approximate surface area is 105 Å². The second-order valence-electron chi connectivity index (χ2n) is 7.12. The van der Waals surface area contributed by atoms with Crippen molar-refractivity contribution in [3.8, 4) is 0 Å². The van der Waals surface area contributed by atoms with Gasteiger partial charge in [-0.05, 0) is 87.7 Å². The van der Waals surface area contributed by atoms with Crippen LogP contribution in [0.5, 0.6) is 0 Å². The van der Waals surface area contributed by atoms with E-state index in [2.05, 4.69) is 10.6 Å². The molecule has 1 saturated heterocycles. The van der Waals surface area contributed by atoms with Gasteiger partial charge in [0.05, 0.1) is 0 Å². The third-order valence-corrected chi connectivity index (χ3v) is 5.82. The molecule has 0 aromatic carbocycles. The Bertz CT molecular complexity index is 275. The Hall–Kier alpha value is -0.0800. The van der Waals surface area contributed by atoms with Gasteiger partial charge in [0.1, 0.15) is 0 Å². The van der Waals surface area contributed by atoms with Gasteiger partial charge in [-0.25, -0.2) is 0 Å². The van der Waals surface area contributed by atoms with E-state index in [9.17, 15) is 0 Å². The summed E-state index contributed by atoms with van der Waals surface area (Å²) in [6.07, 6.45) is 10.4. The molecule has 2 heteroatoms. The monoisotopic (exact) mass is 234 g/mol. The van der Waals surface area contributed by atoms with Crippen LogP contribution in [0.25, 0.3) is 0 Å². The second-order valence-corrected chi connectivity index (χ2v) is 7.12. The average molecular weight is 234 g/mol. The molecule has 3 aliphatic carbocycles. The molecule has 2 nitrogen and oxygen atoms in total. The number of hydrogen-bond acceptors (Lipinski definition) is 2. The Kier molecular flexibility index (Phi) is 2.52. The summed E-state index contributed by atoms with van der Waals surface area (Å²) in [4.78, 5) is 0. The predicted molar refractivity (Wildman–Crippen MR) is 69.9 cm³/mol. The van der Waals surface area contributed by atoms with E-state index in [1.54, 1.807) is 0 Å². The first-order valence-corrected chi connectivity index (χ1v) is 7.81. The molecule has 17 heavy (non-hydrogen) atoms. The fourth-order valence-corrected chi connectivity index (χ4v) is 4.16. The van der Waals surface area contributed by atoms with Gasteiger partial charge in [-0.3, -0.25) is 0 Å². The molecule has 0 aromatic rings. The zero-order valence-electron chi connectivity index (χ0n) is 10.9. The molecule has 1 unspecified atom stereocenters. The molecule has 1 atom stereocenters. The second kappa shape index (κ2) is 3.96. The van der Waals surface area contributed by atoms with Crippen LogP contribution in [0.3, 0.4) is 0 Å². The maximum Gasteiger partial charge on any atom is 0.0124 e. The SMILES string of the molecule is C1CC2(CCN1)CC2CNC(C1CC1)C1CC1. The first-order valence-electron chi connectivity index (χ1n) is 7.81. The van der Waals surface area contributed by atoms with Crippen LogP contribution in [0.1, 0.15) is 44.9 Å². The summed E-state index contributed by atoms with van der Waals surface area (Å²) in [5.41, 5.74) is 0.774. The summed E-state index contributed by atoms with van der Waals surface area (Å²) in [5, 5.41) is 7.46. The summed E-state index contributed by atoms with van der Waals surface area (Å²) in [5.74, 6) is 3.14. The van der Waals surface area contributed by atoms with E-state index in [0.717, 1.165) is 29.2 Å². The molecule has 1 aliphatic heterocycles. The molecule has 0 amide bonds. The molecule has 0 bridgehead atoms. The molecule has 4 rings (SSSR count). The topological polar surface area (TPSA) is 24.1 Å². The molecule has 0 aromatic heterocycles. The van der Waals surface area contributed by atoms with Crippen LogP contribution in [0.4, 0.5) is 0 Å². The molecule has 96 valence electrons. The highest BCUT2D eigenvalue weighted by molar-refractivity contribution is 5.06. The Morgan fingerprint density at radius 2 is 1.71 bits per heavy atom. The lowest BCUT2D eigenvalue weighted by Gasteiger charge is -2.25. The lowest BCUT2D eigenvalue weighted by Crippen LogP contribution is -2.36. The van der Waals surface area contributed by atoms with Gasteiger partial charge < -0.3 is 10.6 Å². The van der Waals surface area contributed by atoms with Crippen LogP contribution >= 0.6 is 0 Å². The van der Waals surface area contributed by atoms with E-state index in [-0.39, 0.29) is 0 Å². The molecule has 4 aliphatic rings. The highest BCUT2D eigenvalue weighted by Crippen LogP contribution is 2.58. The van der Waals surface area contributed by atoms with E-state index in [1.807, 2.05) is 0 Å². The molecule has 1 spiro atoms. The van der Waals surface area contributed by atoms with Crippen LogP contribution in [0.15, 0.2) is 0 Å². The minimum atomic E-state index is 0.774. The number of rotatable bonds is 5. The maximum atomic E-state index is 3.96. The molecular formula is C15H26N2. The third-order valence-electron chi connectivity index (χ3n) is 5.82. The van der Waals surface area contributed by atoms with Crippen LogP contribution in [0, 0.1) is 23.2 Å². The molecular weight excluding hydrogens is 208 g/mol. The van der Waals surface area contributed by atoms with Gasteiger partial charge in [0, 0.05) is 6.04 Å². The van der Waals surface area contributed by atoms with Gasteiger partial charge in [-0.1, -0.05) is 0 Å². The van der Waals surface area contributed by atoms with Crippen molar-refractivity contribution in [2.24, 2.45) is 23.2 Å². The average Bonchev–Trinajstić information content (AvgIpc) is 3.21. The summed E-state index contributed by atoms with van der Waals surface area (Å²) >= 11 is 0. The Balaban J connectivity index is 1.27. The molecule has 3 saturated carbocycles. The van der Waals surface area contributed by atoms with Gasteiger partial charge in [0.2, 0.25) is 0 Å². The predicted octanol–water partition coefficient (Wildman–Crippen LogP) is 2.15. The van der Waals surface area contributed by atoms with Crippen molar-refractivity contribution in [2.45, 2.75) is 51.0 Å². The van der Waals surface area contributed by atoms with Crippen molar-refractivity contribution in [3.63, 3.8) is 0 Å². The van der Waals surface area contributed by atoms with Crippen molar-refractivity contribution in [2.75, 3.05) is 19.6 Å². The van der Waals surface area contributed by atoms with E-state index in [4.69, 9.17) is 0 Å². The highest BCUT2D eigenvalue weighted by atomic mass is 15.0. The lowest BCUT2D eigenvalue weighted by molar-refractivity contribution is 0.307. The van der Waals surface area contributed by atoms with Crippen LogP contribution < -0.4 is 10.6 Å². The number of nitrogens with one attached hydrogen (secondary N) is 2. The maximum absolute atomic E-state index is 3.96. The summed E-state index contributed by atoms with van der Waals surface area (Å²) < 4.78 is 0. The standard InChI is InChI=1S/C15H26N2/c1-2-11(1)14(12-3-4-12)17-10-13-9-15(13)5-7-16-8-6-15/h11-14,16-17H,1-10H2. The van der Waals surface area contributed by atoms with Crippen molar-refractivity contribution < 1.29 is 0 Å². The molecule has 0 radical (unpaired) electrons. The first kappa shape index (κ1) is 10.8. The minimum Gasteiger partial charge on any atom is -0.317 e. The third kappa shape index (κ3) is 2.15. The van der Waals surface area contributed by atoms with Gasteiger partial charge in [0.15, 0.2) is 0 Å². The number of hydrogen-bond donors (Lipinski definition) is 2. The van der Waals surface area contributed by atoms with E-state index >= 15 is 0 Å². The number of piperidine rings is 1. The Morgan fingerprint density at radius 3 is 2.29 bits per heavy atom. The van der Waals surface area contributed by atoms with Crippen LogP contribution in [-0.4, -0.2) is 25.7 Å². The zero-order chi connectivity index (χ0) is 11.3. The summed E-state index contributed by atoms with van der Waals surface area (Å²) in [6, 6.07) is 0.911. The van der Waals surface area contributed by atoms with E-state index in [0.29, 0.717) is 0 Å². The minimum absolute atomic E-state index is 0.774. The van der Waals surface area contributed by atoms with E-state index in [1.165, 1.54) is 64.6 Å². The molecule has 4 fully saturated rings. The smallest absolute Gasteiger partial charge is 0.0124 e. The Morgan fingerprint density at radius 1 is 1.06 bits per heavy atom. The fourth-order valence-electron chi connectivity index (χ4n) is 4.16. The van der Waals surface area contributed by atoms with Gasteiger partial charge >= 0.3 is 0 Å². The fraction of sp³-hybridized carbons (Fsp3) is 1.00. The summed E-state index contributed by atoms with van der Waals surface area (Å²) in [6.45, 7) is 3.87. The van der Waals surface area contributed by atoms with Gasteiger partial charge in [0.25, 0.3) is 0 Å². The van der Waals surface area contributed by atoms with Crippen molar-refractivity contribution in [3.05, 3.63) is 0 Å². The van der Waals surface area contributed by atoms with Crippen molar-refractivity contribution in [1.82, 2.24) is 10.6 Å². The van der Waals surface area contributed by atoms with Gasteiger partial charge in [-0.15, -0.1) is 0 Å². The van der Waals surface area contributed by atoms with Gasteiger partial charge in [-0.2, -0.15) is 0 Å². The largest absolute Gasteiger partial charge is 0.317 e. The molecule has 2 N–H and O–H groups in total. The molecule has 1 heterocycles. The van der Waals surface area contributed by atoms with Crippen molar-refractivity contribution >= 4 is 0 Å². The van der Waals surface area contributed by atoms with E-state index < -0.39 is 0 Å².